The number of hydrogen-bond donors (Lipinski definition) is 3. The van der Waals surface area contributed by atoms with Gasteiger partial charge in [-0.1, -0.05) is 19.1 Å². The molecule has 1 fully saturated rings. The largest absolute Gasteiger partial charge is 0.352 e. The average molecular weight is 447 g/mol. The molecule has 0 bridgehead atoms. The molecule has 0 spiro atoms. The minimum Gasteiger partial charge on any atom is -0.352 e. The van der Waals surface area contributed by atoms with Crippen LogP contribution in [0, 0.1) is 11.8 Å². The highest BCUT2D eigenvalue weighted by molar-refractivity contribution is 5.94. The standard InChI is InChI=1S/C21H34N4O2.2ClH/c1-16(18-8-10-22-11-9-18)14-20(26)24-15-17-4-6-19(7-5-17)21(27)23-12-13-25(2)3;;/h4-7,16,18,22H,8-15H2,1-3H3,(H,23,27)(H,24,26);2*1H. The van der Waals surface area contributed by atoms with Crippen molar-refractivity contribution in [2.75, 3.05) is 40.3 Å². The highest BCUT2D eigenvalue weighted by Crippen LogP contribution is 2.24. The minimum absolute atomic E-state index is 0. The first-order valence-electron chi connectivity index (χ1n) is 9.95. The first-order valence-corrected chi connectivity index (χ1v) is 9.95. The molecule has 1 atom stereocenters. The van der Waals surface area contributed by atoms with Crippen LogP contribution < -0.4 is 16.0 Å². The van der Waals surface area contributed by atoms with Crippen molar-refractivity contribution in [3.8, 4) is 0 Å². The number of amides is 2. The Hall–Kier alpha value is -1.34. The van der Waals surface area contributed by atoms with Crippen molar-refractivity contribution in [2.24, 2.45) is 11.8 Å². The Kier molecular flexibility index (Phi) is 13.9. The SMILES string of the molecule is CC(CC(=O)NCc1ccc(C(=O)NCCN(C)C)cc1)C1CCNCC1.Cl.Cl. The predicted molar refractivity (Wildman–Crippen MR) is 123 cm³/mol. The zero-order valence-electron chi connectivity index (χ0n) is 17.7. The molecular formula is C21H36Cl2N4O2. The molecule has 1 heterocycles. The fourth-order valence-electron chi connectivity index (χ4n) is 3.41. The van der Waals surface area contributed by atoms with Crippen molar-refractivity contribution in [2.45, 2.75) is 32.7 Å². The Balaban J connectivity index is 0.00000392. The van der Waals surface area contributed by atoms with Gasteiger partial charge in [-0.2, -0.15) is 0 Å². The summed E-state index contributed by atoms with van der Waals surface area (Å²) in [5, 5.41) is 9.27. The van der Waals surface area contributed by atoms with Crippen molar-refractivity contribution >= 4 is 36.6 Å². The van der Waals surface area contributed by atoms with E-state index in [0.29, 0.717) is 36.9 Å². The molecule has 1 saturated heterocycles. The van der Waals surface area contributed by atoms with Gasteiger partial charge in [0.15, 0.2) is 0 Å². The Labute approximate surface area is 187 Å². The third-order valence-electron chi connectivity index (χ3n) is 5.25. The van der Waals surface area contributed by atoms with E-state index < -0.39 is 0 Å². The number of benzene rings is 1. The van der Waals surface area contributed by atoms with Gasteiger partial charge in [0.25, 0.3) is 5.91 Å². The molecule has 2 amide bonds. The lowest BCUT2D eigenvalue weighted by Gasteiger charge is -2.27. The van der Waals surface area contributed by atoms with Crippen molar-refractivity contribution in [1.29, 1.82) is 0 Å². The summed E-state index contributed by atoms with van der Waals surface area (Å²) in [7, 11) is 3.95. The number of carbonyl (C=O) groups excluding carboxylic acids is 2. The molecule has 6 nitrogen and oxygen atoms in total. The van der Waals surface area contributed by atoms with Gasteiger partial charge in [0, 0.05) is 31.6 Å². The second-order valence-electron chi connectivity index (χ2n) is 7.80. The summed E-state index contributed by atoms with van der Waals surface area (Å²) in [5.74, 6) is 1.09. The van der Waals surface area contributed by atoms with Gasteiger partial charge >= 0.3 is 0 Å². The van der Waals surface area contributed by atoms with E-state index in [4.69, 9.17) is 0 Å². The van der Waals surface area contributed by atoms with Gasteiger partial charge in [-0.3, -0.25) is 9.59 Å². The van der Waals surface area contributed by atoms with Crippen LogP contribution in [-0.2, 0) is 11.3 Å². The topological polar surface area (TPSA) is 73.5 Å². The van der Waals surface area contributed by atoms with Gasteiger partial charge < -0.3 is 20.9 Å². The summed E-state index contributed by atoms with van der Waals surface area (Å²) in [6.45, 7) is 6.24. The van der Waals surface area contributed by atoms with Crippen LogP contribution in [0.15, 0.2) is 24.3 Å². The Bertz CT molecular complexity index is 605. The molecule has 0 saturated carbocycles. The summed E-state index contributed by atoms with van der Waals surface area (Å²) >= 11 is 0. The van der Waals surface area contributed by atoms with E-state index in [1.807, 2.05) is 43.3 Å². The zero-order valence-corrected chi connectivity index (χ0v) is 19.3. The molecule has 8 heteroatoms. The normalized spacial score (nSPS) is 15.0. The summed E-state index contributed by atoms with van der Waals surface area (Å²) in [5.41, 5.74) is 1.64. The van der Waals surface area contributed by atoms with E-state index in [0.717, 1.165) is 38.0 Å². The molecule has 29 heavy (non-hydrogen) atoms. The van der Waals surface area contributed by atoms with Crippen LogP contribution in [0.5, 0.6) is 0 Å². The number of nitrogens with one attached hydrogen (secondary N) is 3. The molecule has 2 rings (SSSR count). The highest BCUT2D eigenvalue weighted by Gasteiger charge is 2.21. The maximum absolute atomic E-state index is 12.2. The van der Waals surface area contributed by atoms with Gasteiger partial charge in [-0.15, -0.1) is 24.8 Å². The second-order valence-corrected chi connectivity index (χ2v) is 7.80. The van der Waals surface area contributed by atoms with Crippen LogP contribution in [0.3, 0.4) is 0 Å². The van der Waals surface area contributed by atoms with E-state index in [-0.39, 0.29) is 36.6 Å². The predicted octanol–water partition coefficient (Wildman–Crippen LogP) is 2.46. The van der Waals surface area contributed by atoms with Crippen LogP contribution in [0.4, 0.5) is 0 Å². The van der Waals surface area contributed by atoms with Crippen LogP contribution in [0.2, 0.25) is 0 Å². The molecule has 1 aliphatic rings. The van der Waals surface area contributed by atoms with Gasteiger partial charge in [-0.05, 0) is 69.6 Å². The van der Waals surface area contributed by atoms with Crippen LogP contribution in [0.25, 0.3) is 0 Å². The van der Waals surface area contributed by atoms with Crippen molar-refractivity contribution in [1.82, 2.24) is 20.9 Å². The van der Waals surface area contributed by atoms with Crippen LogP contribution >= 0.6 is 24.8 Å². The second kappa shape index (κ2) is 14.6. The van der Waals surface area contributed by atoms with Crippen molar-refractivity contribution in [3.05, 3.63) is 35.4 Å². The number of halogens is 2. The van der Waals surface area contributed by atoms with Crippen LogP contribution in [-0.4, -0.2) is 57.0 Å². The number of piperidine rings is 1. The molecular weight excluding hydrogens is 411 g/mol. The fourth-order valence-corrected chi connectivity index (χ4v) is 3.41. The fraction of sp³-hybridized carbons (Fsp3) is 0.619. The summed E-state index contributed by atoms with van der Waals surface area (Å²) in [4.78, 5) is 26.3. The van der Waals surface area contributed by atoms with Gasteiger partial charge in [0.1, 0.15) is 0 Å². The number of likely N-dealkylation sites (N-methyl/N-ethyl adjacent to an activating group) is 1. The van der Waals surface area contributed by atoms with Crippen molar-refractivity contribution < 1.29 is 9.59 Å². The molecule has 3 N–H and O–H groups in total. The first kappa shape index (κ1) is 27.7. The van der Waals surface area contributed by atoms with Gasteiger partial charge in [0.2, 0.25) is 5.91 Å². The van der Waals surface area contributed by atoms with E-state index in [1.165, 1.54) is 0 Å². The number of nitrogens with zero attached hydrogens (tertiary/aromatic N) is 1. The number of carbonyl (C=O) groups is 2. The first-order chi connectivity index (χ1) is 13.0. The van der Waals surface area contributed by atoms with Gasteiger partial charge in [-0.25, -0.2) is 0 Å². The Morgan fingerprint density at radius 2 is 1.72 bits per heavy atom. The molecule has 0 aromatic heterocycles. The Morgan fingerprint density at radius 3 is 2.31 bits per heavy atom. The maximum Gasteiger partial charge on any atom is 0.251 e. The lowest BCUT2D eigenvalue weighted by molar-refractivity contribution is -0.122. The van der Waals surface area contributed by atoms with E-state index >= 15 is 0 Å². The molecule has 1 aromatic rings. The van der Waals surface area contributed by atoms with Crippen molar-refractivity contribution in [3.63, 3.8) is 0 Å². The average Bonchev–Trinajstić information content (AvgIpc) is 2.67. The zero-order chi connectivity index (χ0) is 19.6. The van der Waals surface area contributed by atoms with E-state index in [2.05, 4.69) is 22.9 Å². The smallest absolute Gasteiger partial charge is 0.251 e. The third kappa shape index (κ3) is 10.3. The molecule has 1 unspecified atom stereocenters. The minimum atomic E-state index is -0.0665. The van der Waals surface area contributed by atoms with Gasteiger partial charge in [0.05, 0.1) is 0 Å². The van der Waals surface area contributed by atoms with E-state index in [9.17, 15) is 9.59 Å². The number of rotatable bonds is 9. The monoisotopic (exact) mass is 446 g/mol. The molecule has 0 radical (unpaired) electrons. The molecule has 166 valence electrons. The quantitative estimate of drug-likeness (QED) is 0.544. The van der Waals surface area contributed by atoms with E-state index in [1.54, 1.807) is 0 Å². The lowest BCUT2D eigenvalue weighted by Crippen LogP contribution is -2.33. The maximum atomic E-state index is 12.2. The summed E-state index contributed by atoms with van der Waals surface area (Å²) < 4.78 is 0. The molecule has 0 aliphatic carbocycles. The lowest BCUT2D eigenvalue weighted by atomic mass is 9.84. The Morgan fingerprint density at radius 1 is 1.10 bits per heavy atom. The summed E-state index contributed by atoms with van der Waals surface area (Å²) in [6.07, 6.45) is 2.90. The summed E-state index contributed by atoms with van der Waals surface area (Å²) in [6, 6.07) is 7.42. The highest BCUT2D eigenvalue weighted by atomic mass is 35.5. The third-order valence-corrected chi connectivity index (χ3v) is 5.25. The molecule has 1 aromatic carbocycles. The molecule has 1 aliphatic heterocycles. The van der Waals surface area contributed by atoms with Crippen LogP contribution in [0.1, 0.15) is 42.1 Å². The number of hydrogen-bond acceptors (Lipinski definition) is 4.